The van der Waals surface area contributed by atoms with Gasteiger partial charge in [-0.2, -0.15) is 0 Å². The fourth-order valence-corrected chi connectivity index (χ4v) is 1.11. The van der Waals surface area contributed by atoms with Crippen molar-refractivity contribution in [3.63, 3.8) is 0 Å². The molecule has 72 valence electrons. The molecule has 0 radical (unpaired) electrons. The predicted molar refractivity (Wildman–Crippen MR) is 62.0 cm³/mol. The van der Waals surface area contributed by atoms with Gasteiger partial charge < -0.3 is 0 Å². The molecule has 0 spiro atoms. The molecule has 0 saturated carbocycles. The van der Waals surface area contributed by atoms with E-state index in [2.05, 4.69) is 30.5 Å². The van der Waals surface area contributed by atoms with Gasteiger partial charge in [-0.3, -0.25) is 0 Å². The number of unbranched alkanes of at least 4 members (excludes halogenated alkanes) is 2. The SMILES string of the molecule is CCCCC=C=C=Cc1ccccc1. The van der Waals surface area contributed by atoms with Crippen LogP contribution in [0.5, 0.6) is 0 Å². The van der Waals surface area contributed by atoms with E-state index < -0.39 is 0 Å². The Labute approximate surface area is 86.3 Å². The third kappa shape index (κ3) is 4.52. The van der Waals surface area contributed by atoms with Gasteiger partial charge in [0, 0.05) is 0 Å². The summed E-state index contributed by atoms with van der Waals surface area (Å²) in [5.74, 6) is 0. The summed E-state index contributed by atoms with van der Waals surface area (Å²) in [6, 6.07) is 10.2. The van der Waals surface area contributed by atoms with Crippen molar-refractivity contribution >= 4 is 6.08 Å². The molecule has 0 unspecified atom stereocenters. The van der Waals surface area contributed by atoms with Crippen molar-refractivity contribution in [1.29, 1.82) is 0 Å². The molecular formula is C14H16. The molecule has 1 aromatic carbocycles. The van der Waals surface area contributed by atoms with Crippen LogP contribution in [0.1, 0.15) is 31.7 Å². The lowest BCUT2D eigenvalue weighted by atomic mass is 10.2. The second-order valence-corrected chi connectivity index (χ2v) is 3.19. The second-order valence-electron chi connectivity index (χ2n) is 3.19. The van der Waals surface area contributed by atoms with Crippen LogP contribution in [-0.4, -0.2) is 0 Å². The van der Waals surface area contributed by atoms with E-state index in [0.717, 1.165) is 6.42 Å². The molecule has 0 amide bonds. The van der Waals surface area contributed by atoms with Gasteiger partial charge in [0.15, 0.2) is 0 Å². The highest BCUT2D eigenvalue weighted by Gasteiger charge is 1.78. The Bertz CT molecular complexity index is 334. The van der Waals surface area contributed by atoms with Crippen LogP contribution >= 0.6 is 0 Å². The van der Waals surface area contributed by atoms with Crippen molar-refractivity contribution in [2.24, 2.45) is 0 Å². The molecule has 0 saturated heterocycles. The molecule has 0 bridgehead atoms. The van der Waals surface area contributed by atoms with Crippen LogP contribution in [0.2, 0.25) is 0 Å². The van der Waals surface area contributed by atoms with Gasteiger partial charge in [-0.1, -0.05) is 55.1 Å². The van der Waals surface area contributed by atoms with Crippen molar-refractivity contribution in [2.75, 3.05) is 0 Å². The van der Waals surface area contributed by atoms with Gasteiger partial charge in [0.05, 0.1) is 0 Å². The molecule has 1 aromatic rings. The normalized spacial score (nSPS) is 8.64. The van der Waals surface area contributed by atoms with Gasteiger partial charge >= 0.3 is 0 Å². The average Bonchev–Trinajstić information content (AvgIpc) is 2.25. The first-order valence-corrected chi connectivity index (χ1v) is 5.14. The number of allylic oxidation sites excluding steroid dienone is 1. The minimum Gasteiger partial charge on any atom is -0.0746 e. The highest BCUT2D eigenvalue weighted by molar-refractivity contribution is 5.47. The van der Waals surface area contributed by atoms with E-state index in [4.69, 9.17) is 0 Å². The molecule has 0 aromatic heterocycles. The molecule has 0 heteroatoms. The Kier molecular flexibility index (Phi) is 5.28. The number of hydrogen-bond donors (Lipinski definition) is 0. The lowest BCUT2D eigenvalue weighted by Crippen LogP contribution is -1.65. The van der Waals surface area contributed by atoms with Gasteiger partial charge in [-0.25, -0.2) is 0 Å². The second kappa shape index (κ2) is 6.97. The highest BCUT2D eigenvalue weighted by atomic mass is 13.8. The number of hydrogen-bond acceptors (Lipinski definition) is 0. The van der Waals surface area contributed by atoms with Crippen molar-refractivity contribution in [3.05, 3.63) is 53.4 Å². The highest BCUT2D eigenvalue weighted by Crippen LogP contribution is 1.99. The minimum atomic E-state index is 1.10. The van der Waals surface area contributed by atoms with E-state index in [9.17, 15) is 0 Å². The van der Waals surface area contributed by atoms with E-state index in [1.54, 1.807) is 0 Å². The monoisotopic (exact) mass is 184 g/mol. The van der Waals surface area contributed by atoms with Crippen molar-refractivity contribution in [3.8, 4) is 0 Å². The third-order valence-electron chi connectivity index (χ3n) is 1.93. The molecule has 0 aliphatic heterocycles. The lowest BCUT2D eigenvalue weighted by molar-refractivity contribution is 0.815. The molecule has 0 heterocycles. The fourth-order valence-electron chi connectivity index (χ4n) is 1.11. The summed E-state index contributed by atoms with van der Waals surface area (Å²) in [6.07, 6.45) is 7.57. The van der Waals surface area contributed by atoms with Gasteiger partial charge in [0.25, 0.3) is 0 Å². The summed E-state index contributed by atoms with van der Waals surface area (Å²) in [7, 11) is 0. The van der Waals surface area contributed by atoms with Gasteiger partial charge in [0.2, 0.25) is 0 Å². The molecule has 14 heavy (non-hydrogen) atoms. The van der Waals surface area contributed by atoms with Crippen LogP contribution in [-0.2, 0) is 0 Å². The average molecular weight is 184 g/mol. The molecule has 0 nitrogen and oxygen atoms in total. The van der Waals surface area contributed by atoms with Gasteiger partial charge in [-0.15, -0.1) is 0 Å². The van der Waals surface area contributed by atoms with E-state index in [1.807, 2.05) is 30.4 Å². The van der Waals surface area contributed by atoms with Crippen LogP contribution in [0.3, 0.4) is 0 Å². The first kappa shape index (κ1) is 10.6. The topological polar surface area (TPSA) is 0 Å². The van der Waals surface area contributed by atoms with Crippen molar-refractivity contribution in [2.45, 2.75) is 26.2 Å². The molecule has 0 aliphatic carbocycles. The quantitative estimate of drug-likeness (QED) is 0.486. The lowest BCUT2D eigenvalue weighted by Gasteiger charge is -1.85. The Balaban J connectivity index is 2.51. The number of rotatable bonds is 4. The Morgan fingerprint density at radius 2 is 1.93 bits per heavy atom. The zero-order chi connectivity index (χ0) is 10.1. The maximum absolute atomic E-state index is 3.04. The van der Waals surface area contributed by atoms with Gasteiger partial charge in [0.1, 0.15) is 0 Å². The molecular weight excluding hydrogens is 168 g/mol. The summed E-state index contributed by atoms with van der Waals surface area (Å²) < 4.78 is 0. The largest absolute Gasteiger partial charge is 0.0746 e. The first-order valence-electron chi connectivity index (χ1n) is 5.14. The standard InChI is InChI=1S/C14H16/c1-2-3-4-5-6-8-11-14-12-9-7-10-13-14/h5,7,9-13H,2-4H2,1H3. The zero-order valence-corrected chi connectivity index (χ0v) is 8.66. The first-order chi connectivity index (χ1) is 6.93. The maximum atomic E-state index is 3.04. The van der Waals surface area contributed by atoms with Crippen molar-refractivity contribution < 1.29 is 0 Å². The molecule has 0 atom stereocenters. The molecule has 0 fully saturated rings. The molecule has 0 N–H and O–H groups in total. The Morgan fingerprint density at radius 3 is 2.64 bits per heavy atom. The molecule has 0 aliphatic rings. The predicted octanol–water partition coefficient (Wildman–Crippen LogP) is 4.20. The number of benzene rings is 1. The van der Waals surface area contributed by atoms with E-state index >= 15 is 0 Å². The Morgan fingerprint density at radius 1 is 1.14 bits per heavy atom. The van der Waals surface area contributed by atoms with E-state index in [-0.39, 0.29) is 0 Å². The summed E-state index contributed by atoms with van der Waals surface area (Å²) in [6.45, 7) is 2.19. The van der Waals surface area contributed by atoms with Crippen LogP contribution in [0.4, 0.5) is 0 Å². The van der Waals surface area contributed by atoms with E-state index in [0.29, 0.717) is 0 Å². The van der Waals surface area contributed by atoms with Gasteiger partial charge in [-0.05, 0) is 30.6 Å². The minimum absolute atomic E-state index is 1.10. The van der Waals surface area contributed by atoms with Crippen LogP contribution in [0.25, 0.3) is 6.08 Å². The summed E-state index contributed by atoms with van der Waals surface area (Å²) in [5, 5.41) is 0. The fraction of sp³-hybridized carbons (Fsp3) is 0.286. The summed E-state index contributed by atoms with van der Waals surface area (Å²) in [5.41, 5.74) is 7.24. The molecule has 1 rings (SSSR count). The van der Waals surface area contributed by atoms with Crippen LogP contribution in [0.15, 0.2) is 47.9 Å². The van der Waals surface area contributed by atoms with Crippen LogP contribution < -0.4 is 0 Å². The Hall–Kier alpha value is -1.48. The van der Waals surface area contributed by atoms with E-state index in [1.165, 1.54) is 18.4 Å². The maximum Gasteiger partial charge on any atom is -0.00429 e. The summed E-state index contributed by atoms with van der Waals surface area (Å²) in [4.78, 5) is 0. The summed E-state index contributed by atoms with van der Waals surface area (Å²) >= 11 is 0. The van der Waals surface area contributed by atoms with Crippen molar-refractivity contribution in [1.82, 2.24) is 0 Å². The zero-order valence-electron chi connectivity index (χ0n) is 8.66. The van der Waals surface area contributed by atoms with Crippen LogP contribution in [0, 0.1) is 0 Å². The third-order valence-corrected chi connectivity index (χ3v) is 1.93. The smallest absolute Gasteiger partial charge is 0.00429 e.